The van der Waals surface area contributed by atoms with Gasteiger partial charge in [0.15, 0.2) is 0 Å². The van der Waals surface area contributed by atoms with Crippen molar-refractivity contribution in [1.29, 1.82) is 0 Å². The average molecular weight is 412 g/mol. The molecule has 1 amide bonds. The first-order valence-electron chi connectivity index (χ1n) is 8.36. The number of carbonyl (C=O) groups is 1. The topological polar surface area (TPSA) is 97.4 Å². The number of rotatable bonds is 7. The van der Waals surface area contributed by atoms with Crippen molar-refractivity contribution in [3.05, 3.63) is 46.6 Å². The molecule has 9 heteroatoms. The molecule has 1 aromatic carbocycles. The highest BCUT2D eigenvalue weighted by Gasteiger charge is 2.13. The molecule has 0 spiro atoms. The van der Waals surface area contributed by atoms with Gasteiger partial charge in [0.25, 0.3) is 5.91 Å². The van der Waals surface area contributed by atoms with E-state index in [2.05, 4.69) is 15.0 Å². The minimum atomic E-state index is -3.36. The Balaban J connectivity index is 2.14. The van der Waals surface area contributed by atoms with E-state index >= 15 is 0 Å². The summed E-state index contributed by atoms with van der Waals surface area (Å²) in [7, 11) is -3.36. The summed E-state index contributed by atoms with van der Waals surface area (Å²) in [4.78, 5) is 16.5. The van der Waals surface area contributed by atoms with Crippen LogP contribution in [-0.2, 0) is 10.0 Å². The number of pyridine rings is 1. The van der Waals surface area contributed by atoms with E-state index in [1.165, 1.54) is 12.3 Å². The zero-order valence-corrected chi connectivity index (χ0v) is 17.1. The van der Waals surface area contributed by atoms with Crippen LogP contribution in [0.15, 0.2) is 30.5 Å². The molecule has 1 aromatic heterocycles. The monoisotopic (exact) mass is 411 g/mol. The van der Waals surface area contributed by atoms with E-state index in [0.29, 0.717) is 16.9 Å². The molecule has 0 fully saturated rings. The third-order valence-corrected chi connectivity index (χ3v) is 5.11. The molecule has 0 aliphatic carbocycles. The number of carbonyl (C=O) groups excluding carboxylic acids is 1. The predicted octanol–water partition coefficient (Wildman–Crippen LogP) is 3.84. The summed E-state index contributed by atoms with van der Waals surface area (Å²) in [6.07, 6.45) is 1.30. The molecule has 2 rings (SSSR count). The number of amides is 1. The number of ether oxygens (including phenoxy) is 1. The van der Waals surface area contributed by atoms with Gasteiger partial charge in [0.2, 0.25) is 15.9 Å². The standard InChI is InChI=1S/C18H22ClN3O4S/c1-5-27(24,25)22-16-7-6-14(8-12(16)4)21-17(23)13-9-15(19)18(20-10-13)26-11(2)3/h6-11,22H,5H2,1-4H3,(H,21,23). The van der Waals surface area contributed by atoms with Gasteiger partial charge in [-0.2, -0.15) is 0 Å². The summed E-state index contributed by atoms with van der Waals surface area (Å²) < 4.78 is 31.3. The third-order valence-electron chi connectivity index (χ3n) is 3.55. The van der Waals surface area contributed by atoms with Gasteiger partial charge in [-0.05, 0) is 57.5 Å². The van der Waals surface area contributed by atoms with Crippen molar-refractivity contribution in [2.75, 3.05) is 15.8 Å². The molecule has 0 bridgehead atoms. The number of hydrogen-bond donors (Lipinski definition) is 2. The fourth-order valence-corrected chi connectivity index (χ4v) is 3.08. The average Bonchev–Trinajstić information content (AvgIpc) is 2.58. The van der Waals surface area contributed by atoms with Crippen molar-refractivity contribution in [1.82, 2.24) is 4.98 Å². The van der Waals surface area contributed by atoms with E-state index in [4.69, 9.17) is 16.3 Å². The lowest BCUT2D eigenvalue weighted by atomic mass is 10.1. The lowest BCUT2D eigenvalue weighted by Gasteiger charge is -2.13. The fourth-order valence-electron chi connectivity index (χ4n) is 2.16. The Bertz CT molecular complexity index is 946. The first kappa shape index (κ1) is 21.0. The van der Waals surface area contributed by atoms with Gasteiger partial charge >= 0.3 is 0 Å². The maximum Gasteiger partial charge on any atom is 0.257 e. The van der Waals surface area contributed by atoms with Crippen molar-refractivity contribution in [2.45, 2.75) is 33.8 Å². The summed E-state index contributed by atoms with van der Waals surface area (Å²) in [6.45, 7) is 7.01. The van der Waals surface area contributed by atoms with Gasteiger partial charge < -0.3 is 10.1 Å². The molecule has 0 atom stereocenters. The van der Waals surface area contributed by atoms with Gasteiger partial charge in [0, 0.05) is 11.9 Å². The number of nitrogens with zero attached hydrogens (tertiary/aromatic N) is 1. The number of sulfonamides is 1. The first-order chi connectivity index (χ1) is 12.6. The van der Waals surface area contributed by atoms with Crippen molar-refractivity contribution in [3.8, 4) is 5.88 Å². The number of halogens is 1. The van der Waals surface area contributed by atoms with E-state index in [1.54, 1.807) is 32.0 Å². The molecule has 0 saturated heterocycles. The Labute approximate surface area is 164 Å². The minimum Gasteiger partial charge on any atom is -0.474 e. The summed E-state index contributed by atoms with van der Waals surface area (Å²) in [5, 5.41) is 2.98. The Morgan fingerprint density at radius 1 is 1.30 bits per heavy atom. The van der Waals surface area contributed by atoms with E-state index in [1.807, 2.05) is 13.8 Å². The quantitative estimate of drug-likeness (QED) is 0.721. The van der Waals surface area contributed by atoms with Gasteiger partial charge in [0.1, 0.15) is 5.02 Å². The molecule has 2 N–H and O–H groups in total. The normalized spacial score (nSPS) is 11.3. The van der Waals surface area contributed by atoms with Gasteiger partial charge in [-0.15, -0.1) is 0 Å². The molecule has 0 aliphatic rings. The van der Waals surface area contributed by atoms with Gasteiger partial charge in [0.05, 0.1) is 23.1 Å². The molecule has 7 nitrogen and oxygen atoms in total. The number of aromatic nitrogens is 1. The van der Waals surface area contributed by atoms with Crippen molar-refractivity contribution >= 4 is 38.9 Å². The summed E-state index contributed by atoms with van der Waals surface area (Å²) in [5.41, 5.74) is 1.96. The van der Waals surface area contributed by atoms with Crippen LogP contribution in [0.25, 0.3) is 0 Å². The van der Waals surface area contributed by atoms with E-state index in [0.717, 1.165) is 0 Å². The van der Waals surface area contributed by atoms with E-state index in [9.17, 15) is 13.2 Å². The van der Waals surface area contributed by atoms with Crippen LogP contribution in [0.1, 0.15) is 36.7 Å². The SMILES string of the molecule is CCS(=O)(=O)Nc1ccc(NC(=O)c2cnc(OC(C)C)c(Cl)c2)cc1C. The second-order valence-electron chi connectivity index (χ2n) is 6.17. The third kappa shape index (κ3) is 5.83. The molecule has 0 aliphatic heterocycles. The van der Waals surface area contributed by atoms with Crippen LogP contribution < -0.4 is 14.8 Å². The Morgan fingerprint density at radius 2 is 2.00 bits per heavy atom. The van der Waals surface area contributed by atoms with Gasteiger partial charge in [-0.1, -0.05) is 11.6 Å². The van der Waals surface area contributed by atoms with Crippen LogP contribution in [0.3, 0.4) is 0 Å². The van der Waals surface area contributed by atoms with Gasteiger partial charge in [-0.3, -0.25) is 9.52 Å². The summed E-state index contributed by atoms with van der Waals surface area (Å²) >= 11 is 6.11. The molecule has 27 heavy (non-hydrogen) atoms. The maximum absolute atomic E-state index is 12.4. The van der Waals surface area contributed by atoms with Crippen molar-refractivity contribution in [3.63, 3.8) is 0 Å². The summed E-state index contributed by atoms with van der Waals surface area (Å²) in [5.74, 6) is -0.136. The van der Waals surface area contributed by atoms with Crippen LogP contribution in [-0.4, -0.2) is 31.2 Å². The molecular weight excluding hydrogens is 390 g/mol. The minimum absolute atomic E-state index is 0.0186. The number of nitrogens with one attached hydrogen (secondary N) is 2. The highest BCUT2D eigenvalue weighted by molar-refractivity contribution is 7.92. The zero-order chi connectivity index (χ0) is 20.2. The highest BCUT2D eigenvalue weighted by atomic mass is 35.5. The second-order valence-corrected chi connectivity index (χ2v) is 8.59. The molecule has 0 radical (unpaired) electrons. The smallest absolute Gasteiger partial charge is 0.257 e. The molecule has 0 unspecified atom stereocenters. The van der Waals surface area contributed by atoms with Crippen LogP contribution in [0.2, 0.25) is 5.02 Å². The van der Waals surface area contributed by atoms with E-state index in [-0.39, 0.29) is 34.2 Å². The molecule has 2 aromatic rings. The highest BCUT2D eigenvalue weighted by Crippen LogP contribution is 2.25. The lowest BCUT2D eigenvalue weighted by molar-refractivity contribution is 0.102. The number of benzene rings is 1. The molecule has 146 valence electrons. The van der Waals surface area contributed by atoms with Crippen LogP contribution >= 0.6 is 11.6 Å². The number of anilines is 2. The lowest BCUT2D eigenvalue weighted by Crippen LogP contribution is -2.16. The largest absolute Gasteiger partial charge is 0.474 e. The maximum atomic E-state index is 12.4. The van der Waals surface area contributed by atoms with E-state index < -0.39 is 10.0 Å². The molecular formula is C18H22ClN3O4S. The summed E-state index contributed by atoms with van der Waals surface area (Å²) in [6, 6.07) is 6.38. The fraction of sp³-hybridized carbons (Fsp3) is 0.333. The molecule has 0 saturated carbocycles. The number of hydrogen-bond acceptors (Lipinski definition) is 5. The van der Waals surface area contributed by atoms with Crippen molar-refractivity contribution in [2.24, 2.45) is 0 Å². The van der Waals surface area contributed by atoms with Gasteiger partial charge in [-0.25, -0.2) is 13.4 Å². The van der Waals surface area contributed by atoms with Crippen LogP contribution in [0.5, 0.6) is 5.88 Å². The first-order valence-corrected chi connectivity index (χ1v) is 10.4. The Kier molecular flexibility index (Phi) is 6.67. The second kappa shape index (κ2) is 8.58. The van der Waals surface area contributed by atoms with Crippen molar-refractivity contribution < 1.29 is 17.9 Å². The number of aryl methyl sites for hydroxylation is 1. The predicted molar refractivity (Wildman–Crippen MR) is 107 cm³/mol. The Hall–Kier alpha value is -2.32. The van der Waals surface area contributed by atoms with Crippen LogP contribution in [0, 0.1) is 6.92 Å². The van der Waals surface area contributed by atoms with Crippen LogP contribution in [0.4, 0.5) is 11.4 Å². The molecule has 1 heterocycles. The zero-order valence-electron chi connectivity index (χ0n) is 15.5. The Morgan fingerprint density at radius 3 is 2.56 bits per heavy atom.